The van der Waals surface area contributed by atoms with Crippen molar-refractivity contribution in [1.29, 1.82) is 0 Å². The number of ether oxygens (including phenoxy) is 2. The molecule has 1 fully saturated rings. The Morgan fingerprint density at radius 1 is 0.203 bits per heavy atom. The van der Waals surface area contributed by atoms with Crippen molar-refractivity contribution >= 4 is 380 Å². The molecule has 30 heteroatoms. The van der Waals surface area contributed by atoms with E-state index in [-0.39, 0.29) is 6.42 Å². The van der Waals surface area contributed by atoms with Crippen LogP contribution in [0.2, 0.25) is 0 Å². The van der Waals surface area contributed by atoms with Crippen LogP contribution in [0.4, 0.5) is 0 Å². The number of benzene rings is 18. The van der Waals surface area contributed by atoms with E-state index < -0.39 is 295 Å². The van der Waals surface area contributed by atoms with Gasteiger partial charge >= 0.3 is 65.7 Å². The molecule has 0 saturated heterocycles. The molecule has 0 heterocycles. The number of nitrogens with one attached hydrogen (secondary N) is 4. The number of aliphatic carboxylic acids is 9. The zero-order chi connectivity index (χ0) is 94.0. The zero-order valence-corrected chi connectivity index (χ0v) is 73.1. The smallest absolute Gasteiger partial charge is 0.326 e. The van der Waals surface area contributed by atoms with Crippen LogP contribution in [-0.2, 0) is 92.2 Å². The standard InChI is InChI=1S/C108H70N4O26/c1-137-100(135)108(101(136)138-28-2-3-29(113)109-102(16-4-30(114)110-103(19-7-33(117)118,20-8-34(119)120)21-9-35(121)122,17-5-31(115)111-104(22-10-36(123)124,23-11-37(125)126)24-12-38(127)128)18-6-32(116)112-105(25-13-39(129)130,26-14-40(131)132)27-15-41(133)134)106-96-88-80-70-60-52-44-42-43-46-50-48(44)56-64-58(50)68-62-54(46)55-47(43)51-49-45(42)53(52)61-67-57(49)65-59(51)69-63(55)73-72(62)82-76(68)86-78(64)84(74(80)66(56)60)92(96)94(86)98-90(82)91-83(73)77(69)87-79(65)85-75(67)81(71(61)70)89(88)97(106)93(85)95(87)99(91)107(98,106)108/h2-28H2,1H3,(H,109,113)(H,110,114)(H,111,115)(H,112,116)(H,117,118)(H,119,120)(H,121,122)(H,123,124)(H,125,126)(H,127,128)(H,129,130)(H,131,132)(H,133,134). The quantitative estimate of drug-likeness (QED) is 0.00729. The van der Waals surface area contributed by atoms with Crippen LogP contribution in [0, 0.1) is 5.41 Å². The lowest BCUT2D eigenvalue weighted by Gasteiger charge is -2.39. The summed E-state index contributed by atoms with van der Waals surface area (Å²) in [5.74, 6) is -18.0. The van der Waals surface area contributed by atoms with Crippen molar-refractivity contribution in [2.45, 2.75) is 200 Å². The molecular weight excluding hydrogens is 1770 g/mol. The fourth-order valence-corrected chi connectivity index (χ4v) is 33.8. The second-order valence-corrected chi connectivity index (χ2v) is 42.6. The van der Waals surface area contributed by atoms with Crippen molar-refractivity contribution < 1.29 is 127 Å². The van der Waals surface area contributed by atoms with Gasteiger partial charge in [-0.15, -0.1) is 0 Å². The Balaban J connectivity index is 0.559. The van der Waals surface area contributed by atoms with E-state index >= 15 is 28.8 Å². The van der Waals surface area contributed by atoms with Crippen molar-refractivity contribution in [3.63, 3.8) is 0 Å². The van der Waals surface area contributed by atoms with E-state index in [1.807, 2.05) is 0 Å². The van der Waals surface area contributed by atoms with Crippen LogP contribution in [0.25, 0.3) is 291 Å². The van der Waals surface area contributed by atoms with Gasteiger partial charge in [-0.2, -0.15) is 0 Å². The molecule has 33 rings (SSSR count). The predicted octanol–water partition coefficient (Wildman–Crippen LogP) is 17.3. The minimum Gasteiger partial charge on any atom is -0.481 e. The van der Waals surface area contributed by atoms with Gasteiger partial charge in [0.25, 0.3) is 0 Å². The number of hydrogen-bond donors (Lipinski definition) is 13. The van der Waals surface area contributed by atoms with Gasteiger partial charge in [-0.25, -0.2) is 0 Å². The highest BCUT2D eigenvalue weighted by Gasteiger charge is 3.01. The van der Waals surface area contributed by atoms with Crippen LogP contribution in [0.3, 0.4) is 0 Å². The second-order valence-electron chi connectivity index (χ2n) is 42.6. The first-order valence-electron chi connectivity index (χ1n) is 47.5. The molecule has 0 aromatic heterocycles. The Labute approximate surface area is 765 Å². The highest BCUT2D eigenvalue weighted by atomic mass is 16.6. The summed E-state index contributed by atoms with van der Waals surface area (Å²) in [5, 5.41) is 169. The lowest BCUT2D eigenvalue weighted by atomic mass is 9.68. The predicted molar refractivity (Wildman–Crippen MR) is 512 cm³/mol. The normalized spacial score (nSPS) is 18.2. The van der Waals surface area contributed by atoms with E-state index in [9.17, 15) is 89.1 Å². The van der Waals surface area contributed by atoms with E-state index in [0.717, 1.165) is 65.3 Å². The van der Waals surface area contributed by atoms with Crippen molar-refractivity contribution in [3.05, 3.63) is 22.3 Å². The van der Waals surface area contributed by atoms with Crippen LogP contribution in [0.5, 0.6) is 0 Å². The maximum atomic E-state index is 18.1. The summed E-state index contributed by atoms with van der Waals surface area (Å²) in [4.78, 5) is 208. The number of hydrogen-bond acceptors (Lipinski definition) is 17. The molecule has 28 aromatic rings. The molecule has 5 aliphatic rings. The minimum absolute atomic E-state index is 0.318. The van der Waals surface area contributed by atoms with Crippen molar-refractivity contribution in [2.75, 3.05) is 13.7 Å². The summed E-state index contributed by atoms with van der Waals surface area (Å²) in [6, 6.07) is 0. The minimum atomic E-state index is -2.23. The van der Waals surface area contributed by atoms with Crippen LogP contribution in [0.15, 0.2) is 0 Å². The van der Waals surface area contributed by atoms with Gasteiger partial charge in [-0.3, -0.25) is 71.9 Å². The first kappa shape index (κ1) is 76.8. The maximum absolute atomic E-state index is 18.1. The van der Waals surface area contributed by atoms with Gasteiger partial charge in [0, 0.05) is 106 Å². The monoisotopic (exact) mass is 1840 g/mol. The molecule has 5 aliphatic carbocycles. The average molecular weight is 1840 g/mol. The molecule has 30 nitrogen and oxygen atoms in total. The van der Waals surface area contributed by atoms with Gasteiger partial charge in [0.1, 0.15) is 0 Å². The molecule has 2 spiro atoms. The molecule has 0 aliphatic heterocycles. The Morgan fingerprint density at radius 3 is 0.486 bits per heavy atom. The van der Waals surface area contributed by atoms with Gasteiger partial charge in [0.2, 0.25) is 23.6 Å². The topological polar surface area (TPSA) is 505 Å². The molecule has 28 aromatic carbocycles. The largest absolute Gasteiger partial charge is 0.481 e. The first-order valence-corrected chi connectivity index (χ1v) is 47.5. The van der Waals surface area contributed by atoms with Crippen LogP contribution >= 0.6 is 0 Å². The Hall–Kier alpha value is -15.5. The Kier molecular flexibility index (Phi) is 12.7. The molecular formula is C108H70N4O26. The van der Waals surface area contributed by atoms with Crippen molar-refractivity contribution in [1.82, 2.24) is 21.3 Å². The lowest BCUT2D eigenvalue weighted by molar-refractivity contribution is -0.165. The first-order chi connectivity index (χ1) is 66.3. The van der Waals surface area contributed by atoms with Crippen LogP contribution in [-0.4, -0.2) is 171 Å². The van der Waals surface area contributed by atoms with Crippen molar-refractivity contribution in [3.8, 4) is 0 Å². The molecule has 0 unspecified atom stereocenters. The summed E-state index contributed by atoms with van der Waals surface area (Å²) in [5.41, 5.74) is -9.10. The van der Waals surface area contributed by atoms with E-state index in [2.05, 4.69) is 21.3 Å². The van der Waals surface area contributed by atoms with Gasteiger partial charge < -0.3 is 76.7 Å². The third kappa shape index (κ3) is 7.27. The van der Waals surface area contributed by atoms with Gasteiger partial charge in [0.15, 0.2) is 5.41 Å². The number of carboxylic acid groups (broad SMARTS) is 9. The van der Waals surface area contributed by atoms with Crippen LogP contribution < -0.4 is 21.3 Å². The lowest BCUT2D eigenvalue weighted by Crippen LogP contribution is -2.54. The summed E-state index contributed by atoms with van der Waals surface area (Å²) < 4.78 is 13.6. The molecule has 4 amide bonds. The maximum Gasteiger partial charge on any atom is 0.326 e. The number of carbonyl (C=O) groups excluding carboxylic acids is 6. The molecule has 0 radical (unpaired) electrons. The molecule has 0 bridgehead atoms. The summed E-state index contributed by atoms with van der Waals surface area (Å²) in [6.45, 7) is -0.544. The molecule has 138 heavy (non-hydrogen) atoms. The molecule has 0 atom stereocenters. The summed E-state index contributed by atoms with van der Waals surface area (Å²) in [7, 11) is 1.34. The second kappa shape index (κ2) is 22.7. The third-order valence-electron chi connectivity index (χ3n) is 37.4. The molecule has 1 saturated carbocycles. The van der Waals surface area contributed by atoms with E-state index in [0.29, 0.717) is 0 Å². The fourth-order valence-electron chi connectivity index (χ4n) is 33.8. The molecule has 13 N–H and O–H groups in total. The van der Waals surface area contributed by atoms with Gasteiger partial charge in [0.05, 0.1) is 24.5 Å². The number of carboxylic acids is 9. The Morgan fingerprint density at radius 2 is 0.341 bits per heavy atom. The summed E-state index contributed by atoms with van der Waals surface area (Å²) >= 11 is 0. The number of rotatable bonds is 46. The fraction of sp³-hybridized carbons (Fsp3) is 0.324. The summed E-state index contributed by atoms with van der Waals surface area (Å²) in [6.07, 6.45) is -15.8. The van der Waals surface area contributed by atoms with E-state index in [1.165, 1.54) is 255 Å². The SMILES string of the molecule is COC(=O)C1(C(=O)OCCCC(=O)NC(CCC(=O)NC(CCC(=O)O)(CCC(=O)O)CCC(=O)O)(CCC(=O)NC(CCC(=O)O)(CCC(=O)O)CCC(=O)O)CCC(=O)NC(CCC(=O)O)(CCC(=O)O)CCC(=O)O)C23c4c5c6c7c8c9c(c%10c%11c2c2c4c4c%12c5c5c6c6c8c8c%13c9c9c%10c%10c%11c%11c2c2c4c4c%12c%12c5c5c6c8c6c8c%13c9c9c%10c%10c%11c2c2c4c4c%12c5c6c5c8c9c%10c2c45)C713. The van der Waals surface area contributed by atoms with E-state index in [1.54, 1.807) is 0 Å². The number of methoxy groups -OCH3 is 1. The average Bonchev–Trinajstić information content (AvgIpc) is 1.35. The van der Waals surface area contributed by atoms with Crippen LogP contribution in [0.1, 0.15) is 189 Å². The zero-order valence-electron chi connectivity index (χ0n) is 73.1. The number of esters is 2. The third-order valence-corrected chi connectivity index (χ3v) is 37.4. The van der Waals surface area contributed by atoms with E-state index in [4.69, 9.17) is 9.47 Å². The Bertz CT molecular complexity index is 9180. The molecule has 678 valence electrons. The highest BCUT2D eigenvalue weighted by molar-refractivity contribution is 6.83. The van der Waals surface area contributed by atoms with Crippen molar-refractivity contribution in [2.24, 2.45) is 5.41 Å². The highest BCUT2D eigenvalue weighted by Crippen LogP contribution is 2.97. The van der Waals surface area contributed by atoms with Gasteiger partial charge in [-0.05, 0) is 397 Å². The number of amides is 4. The number of carbonyl (C=O) groups is 15. The van der Waals surface area contributed by atoms with Gasteiger partial charge in [-0.1, -0.05) is 0 Å².